The fraction of sp³-hybridized carbons (Fsp3) is 0. The van der Waals surface area contributed by atoms with E-state index in [4.69, 9.17) is 16.3 Å². The van der Waals surface area contributed by atoms with Gasteiger partial charge >= 0.3 is 5.97 Å². The second-order valence-electron chi connectivity index (χ2n) is 5.50. The van der Waals surface area contributed by atoms with E-state index in [0.717, 1.165) is 6.07 Å². The van der Waals surface area contributed by atoms with Gasteiger partial charge in [-0.1, -0.05) is 17.7 Å². The number of aromatic nitrogens is 1. The molecule has 0 saturated heterocycles. The summed E-state index contributed by atoms with van der Waals surface area (Å²) in [4.78, 5) is 38.5. The average molecular weight is 398 g/mol. The van der Waals surface area contributed by atoms with Crippen molar-refractivity contribution in [3.63, 3.8) is 0 Å². The standard InChI is InChI=1S/C19H12ClN3O5/c20-16-9-6-13(23(26)27)11-15(16)18(24)22-12-4-7-14(8-5-12)28-19(25)17-3-1-2-10-21-17/h1-11H,(H,22,24). The average Bonchev–Trinajstić information content (AvgIpc) is 2.70. The minimum Gasteiger partial charge on any atom is -0.422 e. The zero-order chi connectivity index (χ0) is 20.1. The highest BCUT2D eigenvalue weighted by molar-refractivity contribution is 6.34. The number of pyridine rings is 1. The maximum Gasteiger partial charge on any atom is 0.362 e. The summed E-state index contributed by atoms with van der Waals surface area (Å²) in [6.07, 6.45) is 1.48. The third-order valence-corrected chi connectivity index (χ3v) is 3.93. The highest BCUT2D eigenvalue weighted by Gasteiger charge is 2.16. The van der Waals surface area contributed by atoms with Crippen molar-refractivity contribution in [1.82, 2.24) is 4.98 Å². The molecule has 0 aliphatic heterocycles. The van der Waals surface area contributed by atoms with Crippen molar-refractivity contribution in [3.05, 3.63) is 93.3 Å². The number of carbonyl (C=O) groups is 2. The van der Waals surface area contributed by atoms with Gasteiger partial charge in [0.15, 0.2) is 0 Å². The molecule has 0 aliphatic rings. The molecular formula is C19H12ClN3O5. The predicted molar refractivity (Wildman–Crippen MR) is 102 cm³/mol. The topological polar surface area (TPSA) is 111 Å². The van der Waals surface area contributed by atoms with Gasteiger partial charge in [0.2, 0.25) is 0 Å². The number of benzene rings is 2. The molecule has 3 rings (SSSR count). The van der Waals surface area contributed by atoms with Crippen LogP contribution in [0.25, 0.3) is 0 Å². The fourth-order valence-electron chi connectivity index (χ4n) is 2.25. The number of nitro benzene ring substituents is 1. The summed E-state index contributed by atoms with van der Waals surface area (Å²) in [5, 5.41) is 13.5. The van der Waals surface area contributed by atoms with Crippen LogP contribution in [0, 0.1) is 10.1 Å². The number of esters is 1. The van der Waals surface area contributed by atoms with E-state index in [1.165, 1.54) is 48.7 Å². The van der Waals surface area contributed by atoms with Crippen molar-refractivity contribution in [2.24, 2.45) is 0 Å². The van der Waals surface area contributed by atoms with Crippen molar-refractivity contribution in [2.45, 2.75) is 0 Å². The van der Waals surface area contributed by atoms with E-state index in [1.807, 2.05) is 0 Å². The smallest absolute Gasteiger partial charge is 0.362 e. The Balaban J connectivity index is 1.69. The van der Waals surface area contributed by atoms with E-state index < -0.39 is 16.8 Å². The van der Waals surface area contributed by atoms with Gasteiger partial charge in [-0.3, -0.25) is 14.9 Å². The van der Waals surface area contributed by atoms with Gasteiger partial charge in [0.1, 0.15) is 11.4 Å². The number of carbonyl (C=O) groups excluding carboxylic acids is 2. The molecule has 2 aromatic carbocycles. The summed E-state index contributed by atoms with van der Waals surface area (Å²) in [7, 11) is 0. The molecule has 3 aromatic rings. The van der Waals surface area contributed by atoms with E-state index in [1.54, 1.807) is 12.1 Å². The number of anilines is 1. The van der Waals surface area contributed by atoms with Crippen LogP contribution >= 0.6 is 11.6 Å². The molecule has 140 valence electrons. The Kier molecular flexibility index (Phi) is 5.61. The Bertz CT molecular complexity index is 1040. The van der Waals surface area contributed by atoms with Crippen LogP contribution < -0.4 is 10.1 Å². The summed E-state index contributed by atoms with van der Waals surface area (Å²) in [6, 6.07) is 14.5. The van der Waals surface area contributed by atoms with Gasteiger partial charge in [-0.2, -0.15) is 0 Å². The van der Waals surface area contributed by atoms with Crippen LogP contribution in [0.2, 0.25) is 5.02 Å². The number of hydrogen-bond donors (Lipinski definition) is 1. The number of hydrogen-bond acceptors (Lipinski definition) is 6. The van der Waals surface area contributed by atoms with E-state index in [9.17, 15) is 19.7 Å². The molecule has 8 nitrogen and oxygen atoms in total. The van der Waals surface area contributed by atoms with Crippen LogP contribution in [0.3, 0.4) is 0 Å². The first-order chi connectivity index (χ1) is 13.4. The Morgan fingerprint density at radius 3 is 2.46 bits per heavy atom. The molecule has 0 radical (unpaired) electrons. The maximum absolute atomic E-state index is 12.3. The van der Waals surface area contributed by atoms with Crippen molar-refractivity contribution >= 4 is 34.9 Å². The molecule has 0 spiro atoms. The lowest BCUT2D eigenvalue weighted by molar-refractivity contribution is -0.384. The highest BCUT2D eigenvalue weighted by atomic mass is 35.5. The molecule has 1 N–H and O–H groups in total. The Labute approximate surface area is 163 Å². The minimum atomic E-state index is -0.613. The molecule has 9 heteroatoms. The lowest BCUT2D eigenvalue weighted by Crippen LogP contribution is -2.13. The molecule has 28 heavy (non-hydrogen) atoms. The fourth-order valence-corrected chi connectivity index (χ4v) is 2.45. The van der Waals surface area contributed by atoms with E-state index in [-0.39, 0.29) is 27.7 Å². The van der Waals surface area contributed by atoms with Gasteiger partial charge in [-0.15, -0.1) is 0 Å². The largest absolute Gasteiger partial charge is 0.422 e. The summed E-state index contributed by atoms with van der Waals surface area (Å²) >= 11 is 5.96. The second kappa shape index (κ2) is 8.28. The molecular weight excluding hydrogens is 386 g/mol. The first kappa shape index (κ1) is 19.0. The van der Waals surface area contributed by atoms with Crippen LogP contribution in [0.1, 0.15) is 20.8 Å². The quantitative estimate of drug-likeness (QED) is 0.300. The van der Waals surface area contributed by atoms with Crippen molar-refractivity contribution in [1.29, 1.82) is 0 Å². The van der Waals surface area contributed by atoms with E-state index in [2.05, 4.69) is 10.3 Å². The molecule has 1 heterocycles. The third-order valence-electron chi connectivity index (χ3n) is 3.60. The number of nitro groups is 1. The second-order valence-corrected chi connectivity index (χ2v) is 5.91. The van der Waals surface area contributed by atoms with E-state index >= 15 is 0 Å². The van der Waals surface area contributed by atoms with Gasteiger partial charge in [0.05, 0.1) is 15.5 Å². The first-order valence-electron chi connectivity index (χ1n) is 7.92. The monoisotopic (exact) mass is 397 g/mol. The normalized spacial score (nSPS) is 10.2. The Morgan fingerprint density at radius 2 is 1.82 bits per heavy atom. The Morgan fingerprint density at radius 1 is 1.07 bits per heavy atom. The molecule has 0 unspecified atom stereocenters. The molecule has 1 amide bonds. The lowest BCUT2D eigenvalue weighted by atomic mass is 10.2. The summed E-state index contributed by atoms with van der Waals surface area (Å²) in [5.74, 6) is -0.949. The summed E-state index contributed by atoms with van der Waals surface area (Å²) in [6.45, 7) is 0. The maximum atomic E-state index is 12.3. The number of amides is 1. The molecule has 0 atom stereocenters. The van der Waals surface area contributed by atoms with Gasteiger partial charge in [-0.05, 0) is 42.5 Å². The number of nitrogens with one attached hydrogen (secondary N) is 1. The van der Waals surface area contributed by atoms with Crippen LogP contribution in [0.5, 0.6) is 5.75 Å². The summed E-state index contributed by atoms with van der Waals surface area (Å²) in [5.41, 5.74) is 0.290. The van der Waals surface area contributed by atoms with Crippen LogP contribution in [-0.4, -0.2) is 21.8 Å². The van der Waals surface area contributed by atoms with Crippen LogP contribution in [-0.2, 0) is 0 Å². The SMILES string of the molecule is O=C(Oc1ccc(NC(=O)c2cc([N+](=O)[O-])ccc2Cl)cc1)c1ccccn1. The minimum absolute atomic E-state index is 0.0264. The number of rotatable bonds is 5. The zero-order valence-electron chi connectivity index (χ0n) is 14.2. The number of nitrogens with zero attached hydrogens (tertiary/aromatic N) is 2. The number of halogens is 1. The summed E-state index contributed by atoms with van der Waals surface area (Å²) < 4.78 is 5.20. The van der Waals surface area contributed by atoms with Gasteiger partial charge in [0, 0.05) is 24.0 Å². The predicted octanol–water partition coefficient (Wildman–Crippen LogP) is 4.11. The molecule has 0 fully saturated rings. The Hall–Kier alpha value is -3.78. The van der Waals surface area contributed by atoms with Crippen molar-refractivity contribution < 1.29 is 19.2 Å². The molecule has 1 aromatic heterocycles. The van der Waals surface area contributed by atoms with Crippen LogP contribution in [0.15, 0.2) is 66.9 Å². The molecule has 0 aliphatic carbocycles. The lowest BCUT2D eigenvalue weighted by Gasteiger charge is -2.08. The highest BCUT2D eigenvalue weighted by Crippen LogP contribution is 2.24. The van der Waals surface area contributed by atoms with Gasteiger partial charge in [0.25, 0.3) is 11.6 Å². The molecule has 0 saturated carbocycles. The van der Waals surface area contributed by atoms with Gasteiger partial charge < -0.3 is 10.1 Å². The number of non-ortho nitro benzene ring substituents is 1. The van der Waals surface area contributed by atoms with Crippen LogP contribution in [0.4, 0.5) is 11.4 Å². The number of ether oxygens (including phenoxy) is 1. The van der Waals surface area contributed by atoms with Crippen molar-refractivity contribution in [3.8, 4) is 5.75 Å². The van der Waals surface area contributed by atoms with E-state index in [0.29, 0.717) is 5.69 Å². The van der Waals surface area contributed by atoms with Gasteiger partial charge in [-0.25, -0.2) is 9.78 Å². The molecule has 0 bridgehead atoms. The first-order valence-corrected chi connectivity index (χ1v) is 8.30. The van der Waals surface area contributed by atoms with Crippen molar-refractivity contribution in [2.75, 3.05) is 5.32 Å². The zero-order valence-corrected chi connectivity index (χ0v) is 14.9. The third kappa shape index (κ3) is 4.49.